The summed E-state index contributed by atoms with van der Waals surface area (Å²) in [6.45, 7) is 4.48. The van der Waals surface area contributed by atoms with Gasteiger partial charge in [-0.15, -0.1) is 12.4 Å². The highest BCUT2D eigenvalue weighted by molar-refractivity contribution is 5.85. The Morgan fingerprint density at radius 1 is 1.48 bits per heavy atom. The Kier molecular flexibility index (Phi) is 6.81. The zero-order chi connectivity index (χ0) is 14.8. The van der Waals surface area contributed by atoms with E-state index in [2.05, 4.69) is 24.5 Å². The third-order valence-electron chi connectivity index (χ3n) is 3.87. The molecule has 2 rings (SSSR count). The monoisotopic (exact) mass is 326 g/mol. The zero-order valence-corrected chi connectivity index (χ0v) is 13.3. The molecular weight excluding hydrogens is 302 g/mol. The average molecular weight is 327 g/mol. The Labute approximate surface area is 130 Å². The lowest BCUT2D eigenvalue weighted by Gasteiger charge is -2.31. The summed E-state index contributed by atoms with van der Waals surface area (Å²) in [5.41, 5.74) is 0. The summed E-state index contributed by atoms with van der Waals surface area (Å²) in [4.78, 5) is 12.0. The molecule has 2 N–H and O–H groups in total. The van der Waals surface area contributed by atoms with Crippen molar-refractivity contribution in [3.05, 3.63) is 0 Å². The van der Waals surface area contributed by atoms with Crippen molar-refractivity contribution >= 4 is 18.3 Å². The molecule has 1 amide bonds. The van der Waals surface area contributed by atoms with Crippen LogP contribution in [0.1, 0.15) is 39.5 Å². The van der Waals surface area contributed by atoms with Crippen LogP contribution in [-0.2, 0) is 9.53 Å². The van der Waals surface area contributed by atoms with Crippen molar-refractivity contribution in [3.63, 3.8) is 0 Å². The summed E-state index contributed by atoms with van der Waals surface area (Å²) in [5, 5.41) is 5.47. The van der Waals surface area contributed by atoms with Crippen LogP contribution in [0.2, 0.25) is 0 Å². The molecule has 0 aromatic heterocycles. The Balaban J connectivity index is 0.00000220. The molecule has 0 aromatic carbocycles. The molecule has 21 heavy (non-hydrogen) atoms. The molecular formula is C14H25ClF2N2O2. The molecule has 7 heteroatoms. The number of amides is 1. The number of halogens is 3. The molecule has 4 nitrogen and oxygen atoms in total. The fourth-order valence-electron chi connectivity index (χ4n) is 2.90. The highest BCUT2D eigenvalue weighted by Crippen LogP contribution is 2.26. The van der Waals surface area contributed by atoms with Crippen LogP contribution in [0.25, 0.3) is 0 Å². The lowest BCUT2D eigenvalue weighted by molar-refractivity contribution is -0.125. The Morgan fingerprint density at radius 2 is 2.19 bits per heavy atom. The van der Waals surface area contributed by atoms with E-state index in [1.165, 1.54) is 0 Å². The van der Waals surface area contributed by atoms with Gasteiger partial charge in [0.05, 0.1) is 18.7 Å². The van der Waals surface area contributed by atoms with E-state index in [0.717, 1.165) is 19.3 Å². The molecule has 2 saturated heterocycles. The summed E-state index contributed by atoms with van der Waals surface area (Å²) in [7, 11) is 0. The summed E-state index contributed by atoms with van der Waals surface area (Å²) < 4.78 is 31.8. The maximum absolute atomic E-state index is 13.1. The van der Waals surface area contributed by atoms with Crippen LogP contribution in [0.5, 0.6) is 0 Å². The third-order valence-corrected chi connectivity index (χ3v) is 3.87. The van der Waals surface area contributed by atoms with Gasteiger partial charge in [-0.2, -0.15) is 0 Å². The van der Waals surface area contributed by atoms with Gasteiger partial charge in [0.1, 0.15) is 0 Å². The molecule has 0 aromatic rings. The number of carbonyl (C=O) groups excluding carboxylic acids is 1. The van der Waals surface area contributed by atoms with Gasteiger partial charge in [0, 0.05) is 19.1 Å². The van der Waals surface area contributed by atoms with Gasteiger partial charge in [0.25, 0.3) is 5.92 Å². The van der Waals surface area contributed by atoms with E-state index < -0.39 is 24.9 Å². The number of ether oxygens (including phenoxy) is 1. The Bertz CT molecular complexity index is 356. The molecule has 124 valence electrons. The Hall–Kier alpha value is -0.460. The number of hydrogen-bond donors (Lipinski definition) is 2. The van der Waals surface area contributed by atoms with Gasteiger partial charge < -0.3 is 10.1 Å². The molecule has 0 spiro atoms. The molecule has 2 aliphatic heterocycles. The third kappa shape index (κ3) is 5.68. The van der Waals surface area contributed by atoms with Gasteiger partial charge in [-0.3, -0.25) is 10.1 Å². The number of carbonyl (C=O) groups is 1. The van der Waals surface area contributed by atoms with Crippen molar-refractivity contribution in [1.29, 1.82) is 0 Å². The fraction of sp³-hybridized carbons (Fsp3) is 0.929. The SMILES string of the molecule is CC(C)CC1CC(NC(=O)C2CC(F)(F)CN2)CCO1.Cl. The molecule has 2 aliphatic rings. The minimum absolute atomic E-state index is 0. The summed E-state index contributed by atoms with van der Waals surface area (Å²) in [6, 6.07) is -0.729. The Morgan fingerprint density at radius 3 is 2.76 bits per heavy atom. The highest BCUT2D eigenvalue weighted by atomic mass is 35.5. The van der Waals surface area contributed by atoms with E-state index in [1.807, 2.05) is 0 Å². The molecule has 0 radical (unpaired) electrons. The maximum atomic E-state index is 13.1. The quantitative estimate of drug-likeness (QED) is 0.832. The summed E-state index contributed by atoms with van der Waals surface area (Å²) in [5.74, 6) is -2.53. The van der Waals surface area contributed by atoms with Crippen molar-refractivity contribution in [2.75, 3.05) is 13.2 Å². The van der Waals surface area contributed by atoms with Crippen LogP contribution in [0.4, 0.5) is 8.78 Å². The number of hydrogen-bond acceptors (Lipinski definition) is 3. The normalized spacial score (nSPS) is 31.8. The average Bonchev–Trinajstić information content (AvgIpc) is 2.69. The fourth-order valence-corrected chi connectivity index (χ4v) is 2.90. The predicted octanol–water partition coefficient (Wildman–Crippen LogP) is 2.12. The maximum Gasteiger partial charge on any atom is 0.262 e. The molecule has 0 aliphatic carbocycles. The van der Waals surface area contributed by atoms with Crippen molar-refractivity contribution in [3.8, 4) is 0 Å². The van der Waals surface area contributed by atoms with Crippen molar-refractivity contribution in [2.24, 2.45) is 5.92 Å². The van der Waals surface area contributed by atoms with Gasteiger partial charge in [0.2, 0.25) is 5.91 Å². The summed E-state index contributed by atoms with van der Waals surface area (Å²) in [6.07, 6.45) is 2.24. The second kappa shape index (κ2) is 7.70. The van der Waals surface area contributed by atoms with Crippen LogP contribution in [0, 0.1) is 5.92 Å². The van der Waals surface area contributed by atoms with Crippen LogP contribution in [0.3, 0.4) is 0 Å². The van der Waals surface area contributed by atoms with E-state index in [-0.39, 0.29) is 30.5 Å². The second-order valence-electron chi connectivity index (χ2n) is 6.35. The minimum atomic E-state index is -2.77. The van der Waals surface area contributed by atoms with Crippen molar-refractivity contribution in [2.45, 2.75) is 63.6 Å². The van der Waals surface area contributed by atoms with Crippen LogP contribution in [0.15, 0.2) is 0 Å². The standard InChI is InChI=1S/C14H24F2N2O2.ClH/c1-9(2)5-11-6-10(3-4-20-11)18-13(19)12-7-14(15,16)8-17-12;/h9-12,17H,3-8H2,1-2H3,(H,18,19);1H. The first-order valence-electron chi connectivity index (χ1n) is 7.39. The minimum Gasteiger partial charge on any atom is -0.378 e. The molecule has 3 atom stereocenters. The number of rotatable bonds is 4. The van der Waals surface area contributed by atoms with E-state index in [1.54, 1.807) is 0 Å². The van der Waals surface area contributed by atoms with Gasteiger partial charge in [-0.1, -0.05) is 13.8 Å². The van der Waals surface area contributed by atoms with Gasteiger partial charge in [-0.05, 0) is 25.2 Å². The molecule has 2 fully saturated rings. The lowest BCUT2D eigenvalue weighted by Crippen LogP contribution is -2.48. The summed E-state index contributed by atoms with van der Waals surface area (Å²) >= 11 is 0. The second-order valence-corrected chi connectivity index (χ2v) is 6.35. The predicted molar refractivity (Wildman–Crippen MR) is 79.0 cm³/mol. The first kappa shape index (κ1) is 18.6. The molecule has 0 saturated carbocycles. The van der Waals surface area contributed by atoms with Crippen LogP contribution < -0.4 is 10.6 Å². The van der Waals surface area contributed by atoms with Crippen molar-refractivity contribution < 1.29 is 18.3 Å². The lowest BCUT2D eigenvalue weighted by atomic mass is 9.96. The van der Waals surface area contributed by atoms with Gasteiger partial charge >= 0.3 is 0 Å². The molecule has 0 bridgehead atoms. The first-order chi connectivity index (χ1) is 9.35. The van der Waals surface area contributed by atoms with E-state index in [9.17, 15) is 13.6 Å². The largest absolute Gasteiger partial charge is 0.378 e. The number of alkyl halides is 2. The van der Waals surface area contributed by atoms with E-state index in [4.69, 9.17) is 4.74 Å². The molecule has 2 heterocycles. The van der Waals surface area contributed by atoms with E-state index >= 15 is 0 Å². The van der Waals surface area contributed by atoms with Gasteiger partial charge in [-0.25, -0.2) is 8.78 Å². The smallest absolute Gasteiger partial charge is 0.262 e. The van der Waals surface area contributed by atoms with E-state index in [0.29, 0.717) is 12.5 Å². The number of nitrogens with one attached hydrogen (secondary N) is 2. The zero-order valence-electron chi connectivity index (χ0n) is 12.5. The van der Waals surface area contributed by atoms with Crippen molar-refractivity contribution in [1.82, 2.24) is 10.6 Å². The molecule has 3 unspecified atom stereocenters. The topological polar surface area (TPSA) is 50.4 Å². The first-order valence-corrected chi connectivity index (χ1v) is 7.39. The van der Waals surface area contributed by atoms with Crippen LogP contribution in [-0.4, -0.2) is 43.2 Å². The highest BCUT2D eigenvalue weighted by Gasteiger charge is 2.42. The van der Waals surface area contributed by atoms with Gasteiger partial charge in [0.15, 0.2) is 0 Å². The van der Waals surface area contributed by atoms with Crippen LogP contribution >= 0.6 is 12.4 Å².